The number of rotatable bonds is 5. The van der Waals surface area contributed by atoms with Crippen LogP contribution in [0.4, 0.5) is 0 Å². The Kier molecular flexibility index (Phi) is 4.65. The molecule has 2 N–H and O–H groups in total. The van der Waals surface area contributed by atoms with E-state index in [-0.39, 0.29) is 13.0 Å². The molecule has 2 atom stereocenters. The maximum absolute atomic E-state index is 9.69. The van der Waals surface area contributed by atoms with Gasteiger partial charge in [-0.25, -0.2) is 0 Å². The molecule has 0 spiro atoms. The Bertz CT molecular complexity index is 374. The molecule has 1 aromatic heterocycles. The summed E-state index contributed by atoms with van der Waals surface area (Å²) in [4.78, 5) is 2.56. The van der Waals surface area contributed by atoms with E-state index < -0.39 is 12.2 Å². The second kappa shape index (κ2) is 6.02. The van der Waals surface area contributed by atoms with E-state index in [1.807, 2.05) is 0 Å². The van der Waals surface area contributed by atoms with Crippen LogP contribution in [0.5, 0.6) is 0 Å². The summed E-state index contributed by atoms with van der Waals surface area (Å²) in [6, 6.07) is 3.30. The molecule has 1 heterocycles. The van der Waals surface area contributed by atoms with Crippen LogP contribution in [0.2, 0.25) is 0 Å². The van der Waals surface area contributed by atoms with E-state index in [0.717, 1.165) is 5.69 Å². The Morgan fingerprint density at radius 1 is 1.44 bits per heavy atom. The molecule has 0 saturated heterocycles. The van der Waals surface area contributed by atoms with Gasteiger partial charge in [0.1, 0.15) is 6.10 Å². The van der Waals surface area contributed by atoms with Crippen LogP contribution >= 0.6 is 0 Å². The van der Waals surface area contributed by atoms with Gasteiger partial charge in [-0.05, 0) is 31.0 Å². The van der Waals surface area contributed by atoms with Gasteiger partial charge in [0.25, 0.3) is 0 Å². The molecule has 0 aliphatic rings. The number of aliphatic hydroxyl groups excluding tert-OH is 2. The molecular weight excluding hydrogens is 210 g/mol. The van der Waals surface area contributed by atoms with Crippen LogP contribution in [0.1, 0.15) is 23.9 Å². The Morgan fingerprint density at radius 2 is 2.19 bits per heavy atom. The fourth-order valence-electron chi connectivity index (χ4n) is 1.16. The van der Waals surface area contributed by atoms with Crippen LogP contribution in [-0.2, 0) is 0 Å². The first kappa shape index (κ1) is 12.4. The Balaban J connectivity index is 2.58. The SMILES string of the molecule is Cc1ccc(C(O)C(O)CCN=[N+]=[N-])nn1. The van der Waals surface area contributed by atoms with E-state index in [1.54, 1.807) is 19.1 Å². The monoisotopic (exact) mass is 223 g/mol. The predicted molar refractivity (Wildman–Crippen MR) is 56.4 cm³/mol. The van der Waals surface area contributed by atoms with Crippen LogP contribution in [0, 0.1) is 6.92 Å². The highest BCUT2D eigenvalue weighted by Crippen LogP contribution is 2.16. The molecule has 0 radical (unpaired) electrons. The van der Waals surface area contributed by atoms with Gasteiger partial charge in [-0.15, -0.1) is 0 Å². The number of hydrogen-bond donors (Lipinski definition) is 2. The van der Waals surface area contributed by atoms with Gasteiger partial charge in [-0.1, -0.05) is 5.11 Å². The van der Waals surface area contributed by atoms with Gasteiger partial charge < -0.3 is 10.2 Å². The Morgan fingerprint density at radius 3 is 2.75 bits per heavy atom. The fourth-order valence-corrected chi connectivity index (χ4v) is 1.16. The van der Waals surface area contributed by atoms with Crippen LogP contribution in [0.15, 0.2) is 17.2 Å². The molecule has 0 aliphatic carbocycles. The van der Waals surface area contributed by atoms with Crippen molar-refractivity contribution >= 4 is 0 Å². The summed E-state index contributed by atoms with van der Waals surface area (Å²) < 4.78 is 0. The molecule has 86 valence electrons. The summed E-state index contributed by atoms with van der Waals surface area (Å²) in [7, 11) is 0. The molecule has 1 rings (SSSR count). The first-order valence-corrected chi connectivity index (χ1v) is 4.82. The van der Waals surface area contributed by atoms with E-state index in [4.69, 9.17) is 5.53 Å². The first-order chi connectivity index (χ1) is 7.65. The van der Waals surface area contributed by atoms with Crippen molar-refractivity contribution in [1.29, 1.82) is 0 Å². The highest BCUT2D eigenvalue weighted by molar-refractivity contribution is 5.08. The summed E-state index contributed by atoms with van der Waals surface area (Å²) in [5.74, 6) is 0. The summed E-state index contributed by atoms with van der Waals surface area (Å²) in [5, 5.41) is 30.1. The van der Waals surface area contributed by atoms with Crippen LogP contribution < -0.4 is 0 Å². The van der Waals surface area contributed by atoms with E-state index in [1.165, 1.54) is 0 Å². The second-order valence-corrected chi connectivity index (χ2v) is 3.35. The van der Waals surface area contributed by atoms with Crippen molar-refractivity contribution in [3.05, 3.63) is 34.0 Å². The van der Waals surface area contributed by atoms with Gasteiger partial charge >= 0.3 is 0 Å². The van der Waals surface area contributed by atoms with E-state index >= 15 is 0 Å². The molecule has 0 bridgehead atoms. The van der Waals surface area contributed by atoms with Crippen molar-refractivity contribution in [2.75, 3.05) is 6.54 Å². The zero-order valence-electron chi connectivity index (χ0n) is 8.85. The minimum Gasteiger partial charge on any atom is -0.390 e. The van der Waals surface area contributed by atoms with Crippen molar-refractivity contribution < 1.29 is 10.2 Å². The molecule has 0 aromatic carbocycles. The Hall–Kier alpha value is -1.69. The molecule has 2 unspecified atom stereocenters. The third kappa shape index (κ3) is 3.47. The average Bonchev–Trinajstić information content (AvgIpc) is 2.29. The van der Waals surface area contributed by atoms with Crippen molar-refractivity contribution in [2.45, 2.75) is 25.6 Å². The number of hydrogen-bond acceptors (Lipinski definition) is 5. The number of nitrogens with zero attached hydrogens (tertiary/aromatic N) is 5. The molecule has 0 fully saturated rings. The van der Waals surface area contributed by atoms with Crippen molar-refractivity contribution in [1.82, 2.24) is 10.2 Å². The van der Waals surface area contributed by atoms with E-state index in [0.29, 0.717) is 5.69 Å². The molecule has 16 heavy (non-hydrogen) atoms. The normalized spacial score (nSPS) is 13.9. The van der Waals surface area contributed by atoms with E-state index in [2.05, 4.69) is 20.2 Å². The van der Waals surface area contributed by atoms with Gasteiger partial charge in [-0.2, -0.15) is 10.2 Å². The minimum atomic E-state index is -1.11. The summed E-state index contributed by atoms with van der Waals surface area (Å²) >= 11 is 0. The molecule has 0 aliphatic heterocycles. The topological polar surface area (TPSA) is 115 Å². The number of aryl methyl sites for hydroxylation is 1. The molecule has 1 aromatic rings. The van der Waals surface area contributed by atoms with Crippen molar-refractivity contribution in [2.24, 2.45) is 5.11 Å². The van der Waals surface area contributed by atoms with Gasteiger partial charge in [0, 0.05) is 11.5 Å². The summed E-state index contributed by atoms with van der Waals surface area (Å²) in [6.45, 7) is 1.91. The van der Waals surface area contributed by atoms with Gasteiger partial charge in [0.2, 0.25) is 0 Å². The van der Waals surface area contributed by atoms with Crippen molar-refractivity contribution in [3.63, 3.8) is 0 Å². The lowest BCUT2D eigenvalue weighted by Gasteiger charge is -2.15. The molecule has 7 heteroatoms. The highest BCUT2D eigenvalue weighted by Gasteiger charge is 2.19. The average molecular weight is 223 g/mol. The third-order valence-electron chi connectivity index (χ3n) is 2.07. The number of aromatic nitrogens is 2. The largest absolute Gasteiger partial charge is 0.390 e. The van der Waals surface area contributed by atoms with Crippen LogP contribution in [0.3, 0.4) is 0 Å². The molecule has 0 saturated carbocycles. The van der Waals surface area contributed by atoms with Gasteiger partial charge in [0.15, 0.2) is 0 Å². The molecular formula is C9H13N5O2. The lowest BCUT2D eigenvalue weighted by atomic mass is 10.1. The zero-order chi connectivity index (χ0) is 12.0. The Labute approximate surface area is 92.4 Å². The zero-order valence-corrected chi connectivity index (χ0v) is 8.85. The standard InChI is InChI=1S/C9H13N5O2/c1-6-2-3-7(13-12-6)9(16)8(15)4-5-11-14-10/h2-3,8-9,15-16H,4-5H2,1H3. The summed E-state index contributed by atoms with van der Waals surface area (Å²) in [5.41, 5.74) is 9.10. The predicted octanol–water partition coefficient (Wildman–Crippen LogP) is 0.880. The van der Waals surface area contributed by atoms with Crippen LogP contribution in [0.25, 0.3) is 10.4 Å². The summed E-state index contributed by atoms with van der Waals surface area (Å²) in [6.07, 6.45) is -1.94. The quantitative estimate of drug-likeness (QED) is 0.438. The van der Waals surface area contributed by atoms with Gasteiger partial charge in [-0.3, -0.25) is 0 Å². The first-order valence-electron chi connectivity index (χ1n) is 4.82. The smallest absolute Gasteiger partial charge is 0.124 e. The maximum Gasteiger partial charge on any atom is 0.124 e. The minimum absolute atomic E-state index is 0.133. The molecule has 7 nitrogen and oxygen atoms in total. The third-order valence-corrected chi connectivity index (χ3v) is 2.07. The van der Waals surface area contributed by atoms with Crippen LogP contribution in [-0.4, -0.2) is 33.1 Å². The number of azide groups is 1. The number of aliphatic hydroxyl groups is 2. The maximum atomic E-state index is 9.69. The van der Waals surface area contributed by atoms with Gasteiger partial charge in [0.05, 0.1) is 17.5 Å². The lowest BCUT2D eigenvalue weighted by Crippen LogP contribution is -2.20. The molecule has 0 amide bonds. The second-order valence-electron chi connectivity index (χ2n) is 3.35. The lowest BCUT2D eigenvalue weighted by molar-refractivity contribution is 0.0120. The van der Waals surface area contributed by atoms with Crippen molar-refractivity contribution in [3.8, 4) is 0 Å². The van der Waals surface area contributed by atoms with E-state index in [9.17, 15) is 10.2 Å². The fraction of sp³-hybridized carbons (Fsp3) is 0.556. The highest BCUT2D eigenvalue weighted by atomic mass is 16.3.